The van der Waals surface area contributed by atoms with Crippen molar-refractivity contribution in [3.63, 3.8) is 0 Å². The van der Waals surface area contributed by atoms with Gasteiger partial charge in [0.05, 0.1) is 18.4 Å². The van der Waals surface area contributed by atoms with Crippen molar-refractivity contribution < 1.29 is 14.7 Å². The van der Waals surface area contributed by atoms with Crippen LogP contribution in [0.3, 0.4) is 0 Å². The molecule has 1 amide bonds. The number of rotatable bonds is 5. The lowest BCUT2D eigenvalue weighted by Gasteiger charge is -2.27. The van der Waals surface area contributed by atoms with Crippen molar-refractivity contribution >= 4 is 11.9 Å². The number of carboxylic acid groups (broad SMARTS) is 1. The normalized spacial score (nSPS) is 22.9. The van der Waals surface area contributed by atoms with Gasteiger partial charge in [-0.1, -0.05) is 12.8 Å². The molecule has 0 aromatic carbocycles. The number of amides is 1. The first-order chi connectivity index (χ1) is 9.18. The fourth-order valence-corrected chi connectivity index (χ4v) is 2.60. The maximum atomic E-state index is 12.0. The smallest absolute Gasteiger partial charge is 0.307 e. The first-order valence-corrected chi connectivity index (χ1v) is 6.66. The molecule has 0 aliphatic heterocycles. The Labute approximate surface area is 111 Å². The molecule has 1 aromatic heterocycles. The topological polar surface area (TPSA) is 84.2 Å². The van der Waals surface area contributed by atoms with Gasteiger partial charge in [-0.2, -0.15) is 5.10 Å². The molecule has 1 fully saturated rings. The fourth-order valence-electron chi connectivity index (χ4n) is 2.60. The lowest BCUT2D eigenvalue weighted by atomic mass is 9.79. The van der Waals surface area contributed by atoms with Crippen molar-refractivity contribution in [2.75, 3.05) is 6.54 Å². The SMILES string of the molecule is O=C(O)[C@H]1CCCC[C@H]1C(=O)NCCn1cccn1. The van der Waals surface area contributed by atoms with Gasteiger partial charge in [0.2, 0.25) is 5.91 Å². The minimum absolute atomic E-state index is 0.140. The van der Waals surface area contributed by atoms with Crippen LogP contribution in [0.15, 0.2) is 18.5 Å². The molecule has 0 unspecified atom stereocenters. The van der Waals surface area contributed by atoms with E-state index < -0.39 is 11.9 Å². The molecule has 2 rings (SSSR count). The van der Waals surface area contributed by atoms with Crippen LogP contribution >= 0.6 is 0 Å². The van der Waals surface area contributed by atoms with Gasteiger partial charge >= 0.3 is 5.97 Å². The van der Waals surface area contributed by atoms with Gasteiger partial charge in [-0.05, 0) is 18.9 Å². The molecule has 1 heterocycles. The molecule has 0 bridgehead atoms. The number of carbonyl (C=O) groups is 2. The highest BCUT2D eigenvalue weighted by atomic mass is 16.4. The third-order valence-electron chi connectivity index (χ3n) is 3.62. The van der Waals surface area contributed by atoms with E-state index in [1.54, 1.807) is 10.9 Å². The van der Waals surface area contributed by atoms with Crippen molar-refractivity contribution in [3.05, 3.63) is 18.5 Å². The van der Waals surface area contributed by atoms with Crippen molar-refractivity contribution in [1.29, 1.82) is 0 Å². The summed E-state index contributed by atoms with van der Waals surface area (Å²) in [5.74, 6) is -1.91. The van der Waals surface area contributed by atoms with Crippen LogP contribution in [-0.2, 0) is 16.1 Å². The van der Waals surface area contributed by atoms with Crippen LogP contribution < -0.4 is 5.32 Å². The average molecular weight is 265 g/mol. The largest absolute Gasteiger partial charge is 0.481 e. The highest BCUT2D eigenvalue weighted by Crippen LogP contribution is 2.30. The van der Waals surface area contributed by atoms with Crippen molar-refractivity contribution in [2.24, 2.45) is 11.8 Å². The number of aliphatic carboxylic acids is 1. The van der Waals surface area contributed by atoms with Crippen molar-refractivity contribution in [2.45, 2.75) is 32.2 Å². The number of nitrogens with zero attached hydrogens (tertiary/aromatic N) is 2. The van der Waals surface area contributed by atoms with Crippen molar-refractivity contribution in [3.8, 4) is 0 Å². The van der Waals surface area contributed by atoms with Crippen LogP contribution in [0.2, 0.25) is 0 Å². The molecule has 1 saturated carbocycles. The maximum Gasteiger partial charge on any atom is 0.307 e. The monoisotopic (exact) mass is 265 g/mol. The van der Waals surface area contributed by atoms with Gasteiger partial charge in [0.15, 0.2) is 0 Å². The predicted octanol–water partition coefficient (Wildman–Crippen LogP) is 0.890. The number of aromatic nitrogens is 2. The summed E-state index contributed by atoms with van der Waals surface area (Å²) in [6, 6.07) is 1.82. The van der Waals surface area contributed by atoms with E-state index in [0.717, 1.165) is 12.8 Å². The number of hydrogen-bond donors (Lipinski definition) is 2. The minimum atomic E-state index is -0.855. The Hall–Kier alpha value is -1.85. The molecular formula is C13H19N3O3. The van der Waals surface area contributed by atoms with Crippen LogP contribution in [0.5, 0.6) is 0 Å². The Bertz CT molecular complexity index is 430. The second-order valence-electron chi connectivity index (χ2n) is 4.90. The summed E-state index contributed by atoms with van der Waals surface area (Å²) in [5.41, 5.74) is 0. The van der Waals surface area contributed by atoms with Gasteiger partial charge in [0.25, 0.3) is 0 Å². The lowest BCUT2D eigenvalue weighted by molar-refractivity contribution is -0.148. The molecular weight excluding hydrogens is 246 g/mol. The summed E-state index contributed by atoms with van der Waals surface area (Å²) in [5, 5.41) is 16.0. The standard InChI is InChI=1S/C13H19N3O3/c17-12(14-7-9-16-8-3-6-15-16)10-4-1-2-5-11(10)13(18)19/h3,6,8,10-11H,1-2,4-5,7,9H2,(H,14,17)(H,18,19)/t10-,11+/m1/s1. The lowest BCUT2D eigenvalue weighted by Crippen LogP contribution is -2.40. The van der Waals surface area contributed by atoms with Crippen LogP contribution in [-0.4, -0.2) is 33.3 Å². The van der Waals surface area contributed by atoms with Crippen LogP contribution in [0.1, 0.15) is 25.7 Å². The zero-order valence-electron chi connectivity index (χ0n) is 10.8. The van der Waals surface area contributed by atoms with E-state index >= 15 is 0 Å². The van der Waals surface area contributed by atoms with E-state index in [1.165, 1.54) is 0 Å². The van der Waals surface area contributed by atoms with Gasteiger partial charge in [-0.3, -0.25) is 14.3 Å². The van der Waals surface area contributed by atoms with Gasteiger partial charge < -0.3 is 10.4 Å². The zero-order chi connectivity index (χ0) is 13.7. The summed E-state index contributed by atoms with van der Waals surface area (Å²) in [7, 11) is 0. The molecule has 1 aromatic rings. The van der Waals surface area contributed by atoms with Gasteiger partial charge in [-0.15, -0.1) is 0 Å². The molecule has 104 valence electrons. The van der Waals surface area contributed by atoms with Gasteiger partial charge in [-0.25, -0.2) is 0 Å². The minimum Gasteiger partial charge on any atom is -0.481 e. The summed E-state index contributed by atoms with van der Waals surface area (Å²) < 4.78 is 1.73. The third-order valence-corrected chi connectivity index (χ3v) is 3.62. The van der Waals surface area contributed by atoms with Gasteiger partial charge in [0, 0.05) is 18.9 Å². The second-order valence-corrected chi connectivity index (χ2v) is 4.90. The average Bonchev–Trinajstić information content (AvgIpc) is 2.91. The summed E-state index contributed by atoms with van der Waals surface area (Å²) >= 11 is 0. The molecule has 0 radical (unpaired) electrons. The molecule has 0 saturated heterocycles. The van der Waals surface area contributed by atoms with Crippen LogP contribution in [0.25, 0.3) is 0 Å². The maximum absolute atomic E-state index is 12.0. The van der Waals surface area contributed by atoms with Crippen LogP contribution in [0, 0.1) is 11.8 Å². The zero-order valence-corrected chi connectivity index (χ0v) is 10.8. The summed E-state index contributed by atoms with van der Waals surface area (Å²) in [6.07, 6.45) is 6.61. The van der Waals surface area contributed by atoms with Crippen LogP contribution in [0.4, 0.5) is 0 Å². The number of hydrogen-bond acceptors (Lipinski definition) is 3. The highest BCUT2D eigenvalue weighted by Gasteiger charge is 2.35. The van der Waals surface area contributed by atoms with E-state index in [0.29, 0.717) is 25.9 Å². The fraction of sp³-hybridized carbons (Fsp3) is 0.615. The number of nitrogens with one attached hydrogen (secondary N) is 1. The van der Waals surface area contributed by atoms with E-state index in [1.807, 2.05) is 12.3 Å². The van der Waals surface area contributed by atoms with E-state index in [2.05, 4.69) is 10.4 Å². The van der Waals surface area contributed by atoms with Crippen molar-refractivity contribution in [1.82, 2.24) is 15.1 Å². The Morgan fingerprint density at radius 3 is 2.68 bits per heavy atom. The summed E-state index contributed by atoms with van der Waals surface area (Å²) in [6.45, 7) is 1.08. The van der Waals surface area contributed by atoms with E-state index in [-0.39, 0.29) is 11.8 Å². The Kier molecular flexibility index (Phi) is 4.54. The first kappa shape index (κ1) is 13.6. The Balaban J connectivity index is 1.82. The van der Waals surface area contributed by atoms with E-state index in [9.17, 15) is 9.59 Å². The molecule has 1 aliphatic carbocycles. The molecule has 6 nitrogen and oxygen atoms in total. The Morgan fingerprint density at radius 2 is 2.05 bits per heavy atom. The quantitative estimate of drug-likeness (QED) is 0.828. The molecule has 0 spiro atoms. The highest BCUT2D eigenvalue weighted by molar-refractivity contribution is 5.84. The third kappa shape index (κ3) is 3.56. The summed E-state index contributed by atoms with van der Waals surface area (Å²) in [4.78, 5) is 23.2. The Morgan fingerprint density at radius 1 is 1.32 bits per heavy atom. The first-order valence-electron chi connectivity index (χ1n) is 6.66. The second kappa shape index (κ2) is 6.36. The van der Waals surface area contributed by atoms with E-state index in [4.69, 9.17) is 5.11 Å². The molecule has 2 atom stereocenters. The number of carboxylic acids is 1. The molecule has 1 aliphatic rings. The molecule has 6 heteroatoms. The number of carbonyl (C=O) groups excluding carboxylic acids is 1. The molecule has 2 N–H and O–H groups in total. The van der Waals surface area contributed by atoms with Gasteiger partial charge in [0.1, 0.15) is 0 Å². The molecule has 19 heavy (non-hydrogen) atoms. The predicted molar refractivity (Wildman–Crippen MR) is 68.3 cm³/mol.